The SMILES string of the molecule is C[C@@]1(C(=O)O)CCN(C(=O)Cc2cc(F)ccc2F)C1. The molecule has 1 aromatic rings. The fourth-order valence-electron chi connectivity index (χ4n) is 2.30. The van der Waals surface area contributed by atoms with Gasteiger partial charge in [-0.2, -0.15) is 0 Å². The number of rotatable bonds is 3. The van der Waals surface area contributed by atoms with E-state index in [-0.39, 0.29) is 24.4 Å². The molecule has 1 saturated heterocycles. The van der Waals surface area contributed by atoms with Crippen LogP contribution in [0.1, 0.15) is 18.9 Å². The van der Waals surface area contributed by atoms with E-state index in [9.17, 15) is 18.4 Å². The summed E-state index contributed by atoms with van der Waals surface area (Å²) in [6.45, 7) is 1.99. The van der Waals surface area contributed by atoms with Crippen molar-refractivity contribution in [3.63, 3.8) is 0 Å². The standard InChI is InChI=1S/C14H15F2NO3/c1-14(13(19)20)4-5-17(8-14)12(18)7-9-6-10(15)2-3-11(9)16/h2-3,6H,4-5,7-8H2,1H3,(H,19,20)/t14-/m1/s1. The fourth-order valence-corrected chi connectivity index (χ4v) is 2.30. The lowest BCUT2D eigenvalue weighted by atomic mass is 9.90. The lowest BCUT2D eigenvalue weighted by Gasteiger charge is -2.20. The summed E-state index contributed by atoms with van der Waals surface area (Å²) in [5.41, 5.74) is -0.977. The molecule has 1 fully saturated rings. The van der Waals surface area contributed by atoms with Crippen LogP contribution in [0, 0.1) is 17.0 Å². The Morgan fingerprint density at radius 2 is 2.10 bits per heavy atom. The van der Waals surface area contributed by atoms with E-state index in [4.69, 9.17) is 5.11 Å². The number of halogens is 2. The molecule has 0 aliphatic carbocycles. The van der Waals surface area contributed by atoms with Crippen molar-refractivity contribution in [2.45, 2.75) is 19.8 Å². The van der Waals surface area contributed by atoms with Gasteiger partial charge in [0.1, 0.15) is 11.6 Å². The molecule has 1 aliphatic heterocycles. The van der Waals surface area contributed by atoms with E-state index in [2.05, 4.69) is 0 Å². The third kappa shape index (κ3) is 2.79. The van der Waals surface area contributed by atoms with Crippen LogP contribution in [0.2, 0.25) is 0 Å². The summed E-state index contributed by atoms with van der Waals surface area (Å²) in [6, 6.07) is 2.95. The normalized spacial score (nSPS) is 22.1. The van der Waals surface area contributed by atoms with E-state index in [1.807, 2.05) is 0 Å². The average Bonchev–Trinajstić information content (AvgIpc) is 2.78. The van der Waals surface area contributed by atoms with E-state index in [0.29, 0.717) is 13.0 Å². The molecule has 1 atom stereocenters. The van der Waals surface area contributed by atoms with Crippen molar-refractivity contribution in [2.75, 3.05) is 13.1 Å². The van der Waals surface area contributed by atoms with E-state index in [1.165, 1.54) is 4.90 Å². The molecule has 1 amide bonds. The predicted octanol–water partition coefficient (Wildman–Crippen LogP) is 1.83. The summed E-state index contributed by atoms with van der Waals surface area (Å²) >= 11 is 0. The average molecular weight is 283 g/mol. The highest BCUT2D eigenvalue weighted by Crippen LogP contribution is 2.30. The number of aliphatic carboxylic acids is 1. The maximum absolute atomic E-state index is 13.5. The van der Waals surface area contributed by atoms with Gasteiger partial charge in [-0.15, -0.1) is 0 Å². The number of hydrogen-bond donors (Lipinski definition) is 1. The van der Waals surface area contributed by atoms with Crippen molar-refractivity contribution in [1.29, 1.82) is 0 Å². The first-order chi connectivity index (χ1) is 9.32. The molecule has 0 radical (unpaired) electrons. The highest BCUT2D eigenvalue weighted by atomic mass is 19.1. The van der Waals surface area contributed by atoms with E-state index in [1.54, 1.807) is 6.92 Å². The first-order valence-corrected chi connectivity index (χ1v) is 6.27. The summed E-state index contributed by atoms with van der Waals surface area (Å²) in [5.74, 6) is -2.59. The van der Waals surface area contributed by atoms with Crippen LogP contribution in [0.3, 0.4) is 0 Å². The van der Waals surface area contributed by atoms with Crippen molar-refractivity contribution < 1.29 is 23.5 Å². The fraction of sp³-hybridized carbons (Fsp3) is 0.429. The van der Waals surface area contributed by atoms with Crippen LogP contribution in [-0.2, 0) is 16.0 Å². The van der Waals surface area contributed by atoms with Crippen LogP contribution in [-0.4, -0.2) is 35.0 Å². The number of likely N-dealkylation sites (tertiary alicyclic amines) is 1. The Kier molecular flexibility index (Phi) is 3.74. The molecule has 0 saturated carbocycles. The van der Waals surface area contributed by atoms with Crippen LogP contribution in [0.15, 0.2) is 18.2 Å². The van der Waals surface area contributed by atoms with E-state index >= 15 is 0 Å². The molecule has 1 aliphatic rings. The van der Waals surface area contributed by atoms with Crippen LogP contribution in [0.25, 0.3) is 0 Å². The number of carbonyl (C=O) groups is 2. The summed E-state index contributed by atoms with van der Waals surface area (Å²) in [6.07, 6.45) is 0.0962. The van der Waals surface area contributed by atoms with Gasteiger partial charge in [0.15, 0.2) is 0 Å². The van der Waals surface area contributed by atoms with Gasteiger partial charge in [0, 0.05) is 18.7 Å². The lowest BCUT2D eigenvalue weighted by molar-refractivity contribution is -0.147. The van der Waals surface area contributed by atoms with Crippen LogP contribution < -0.4 is 0 Å². The van der Waals surface area contributed by atoms with Gasteiger partial charge in [-0.25, -0.2) is 8.78 Å². The molecular formula is C14H15F2NO3. The van der Waals surface area contributed by atoms with Gasteiger partial charge in [0.25, 0.3) is 0 Å². The summed E-state index contributed by atoms with van der Waals surface area (Å²) in [5, 5.41) is 9.09. The Bertz CT molecular complexity index is 561. The number of hydrogen-bond acceptors (Lipinski definition) is 2. The monoisotopic (exact) mass is 283 g/mol. The third-order valence-electron chi connectivity index (χ3n) is 3.69. The molecule has 0 unspecified atom stereocenters. The Hall–Kier alpha value is -1.98. The third-order valence-corrected chi connectivity index (χ3v) is 3.69. The maximum Gasteiger partial charge on any atom is 0.311 e. The zero-order valence-electron chi connectivity index (χ0n) is 11.0. The van der Waals surface area contributed by atoms with Crippen LogP contribution in [0.4, 0.5) is 8.78 Å². The molecule has 0 bridgehead atoms. The summed E-state index contributed by atoms with van der Waals surface area (Å²) in [4.78, 5) is 24.5. The molecule has 0 aromatic heterocycles. The number of nitrogens with zero attached hydrogens (tertiary/aromatic N) is 1. The Labute approximate surface area is 115 Å². The molecule has 2 rings (SSSR count). The number of carboxylic acid groups (broad SMARTS) is 1. The van der Waals surface area contributed by atoms with E-state index in [0.717, 1.165) is 18.2 Å². The maximum atomic E-state index is 13.5. The van der Waals surface area contributed by atoms with Crippen LogP contribution >= 0.6 is 0 Å². The molecule has 6 heteroatoms. The number of carboxylic acids is 1. The second kappa shape index (κ2) is 5.19. The minimum atomic E-state index is -0.962. The minimum Gasteiger partial charge on any atom is -0.481 e. The first-order valence-electron chi connectivity index (χ1n) is 6.27. The molecule has 1 N–H and O–H groups in total. The van der Waals surface area contributed by atoms with Gasteiger partial charge in [0.2, 0.25) is 5.91 Å². The number of carbonyl (C=O) groups excluding carboxylic acids is 1. The Morgan fingerprint density at radius 3 is 2.70 bits per heavy atom. The smallest absolute Gasteiger partial charge is 0.311 e. The minimum absolute atomic E-state index is 0.0149. The van der Waals surface area contributed by atoms with Gasteiger partial charge in [-0.3, -0.25) is 9.59 Å². The van der Waals surface area contributed by atoms with Gasteiger partial charge >= 0.3 is 5.97 Å². The summed E-state index contributed by atoms with van der Waals surface area (Å²) in [7, 11) is 0. The molecule has 0 spiro atoms. The zero-order chi connectivity index (χ0) is 14.9. The van der Waals surface area contributed by atoms with Crippen molar-refractivity contribution in [1.82, 2.24) is 4.90 Å². The van der Waals surface area contributed by atoms with Crippen molar-refractivity contribution in [3.8, 4) is 0 Å². The van der Waals surface area contributed by atoms with E-state index < -0.39 is 23.0 Å². The molecule has 1 heterocycles. The van der Waals surface area contributed by atoms with Gasteiger partial charge in [0.05, 0.1) is 11.8 Å². The van der Waals surface area contributed by atoms with Gasteiger partial charge < -0.3 is 10.0 Å². The predicted molar refractivity (Wildman–Crippen MR) is 67.0 cm³/mol. The second-order valence-corrected chi connectivity index (χ2v) is 5.34. The number of benzene rings is 1. The quantitative estimate of drug-likeness (QED) is 0.920. The zero-order valence-corrected chi connectivity index (χ0v) is 11.0. The topological polar surface area (TPSA) is 57.6 Å². The summed E-state index contributed by atoms with van der Waals surface area (Å²) < 4.78 is 26.5. The van der Waals surface area contributed by atoms with Crippen molar-refractivity contribution >= 4 is 11.9 Å². The van der Waals surface area contributed by atoms with Crippen LogP contribution in [0.5, 0.6) is 0 Å². The molecule has 108 valence electrons. The largest absolute Gasteiger partial charge is 0.481 e. The Morgan fingerprint density at radius 1 is 1.40 bits per heavy atom. The number of amides is 1. The first kappa shape index (κ1) is 14.4. The van der Waals surface area contributed by atoms with Gasteiger partial charge in [-0.05, 0) is 31.5 Å². The molecular weight excluding hydrogens is 268 g/mol. The van der Waals surface area contributed by atoms with Crippen molar-refractivity contribution in [2.24, 2.45) is 5.41 Å². The Balaban J connectivity index is 2.07. The lowest BCUT2D eigenvalue weighted by Crippen LogP contribution is -2.35. The van der Waals surface area contributed by atoms with Gasteiger partial charge in [-0.1, -0.05) is 0 Å². The molecule has 1 aromatic carbocycles. The molecule has 4 nitrogen and oxygen atoms in total. The molecule has 20 heavy (non-hydrogen) atoms. The van der Waals surface area contributed by atoms with Crippen molar-refractivity contribution in [3.05, 3.63) is 35.4 Å². The highest BCUT2D eigenvalue weighted by molar-refractivity contribution is 5.82. The second-order valence-electron chi connectivity index (χ2n) is 5.34. The highest BCUT2D eigenvalue weighted by Gasteiger charge is 2.42.